The summed E-state index contributed by atoms with van der Waals surface area (Å²) in [4.78, 5) is 21.5. The highest BCUT2D eigenvalue weighted by Crippen LogP contribution is 2.27. The Labute approximate surface area is 119 Å². The number of methoxy groups -OCH3 is 1. The van der Waals surface area contributed by atoms with Crippen LogP contribution in [0.3, 0.4) is 0 Å². The normalized spacial score (nSPS) is 19.0. The summed E-state index contributed by atoms with van der Waals surface area (Å²) in [6.45, 7) is 0.343. The first kappa shape index (κ1) is 14.3. The van der Waals surface area contributed by atoms with Crippen molar-refractivity contribution in [3.05, 3.63) is 51.4 Å². The molecule has 2 rings (SSSR count). The number of hydrogen-bond donors (Lipinski definition) is 1. The smallest absolute Gasteiger partial charge is 0.354 e. The Morgan fingerprint density at radius 1 is 1.52 bits per heavy atom. The Morgan fingerprint density at radius 2 is 2.19 bits per heavy atom. The van der Waals surface area contributed by atoms with Crippen LogP contribution in [0.15, 0.2) is 35.7 Å². The molecule has 1 unspecified atom stereocenters. The second-order valence-corrected chi connectivity index (χ2v) is 4.14. The van der Waals surface area contributed by atoms with Gasteiger partial charge in [-0.15, -0.1) is 0 Å². The number of nitriles is 1. The van der Waals surface area contributed by atoms with E-state index in [4.69, 9.17) is 10.00 Å². The number of hydrogen-bond acceptors (Lipinski definition) is 7. The van der Waals surface area contributed by atoms with Crippen molar-refractivity contribution in [2.75, 3.05) is 13.7 Å². The Kier molecular flexibility index (Phi) is 4.04. The van der Waals surface area contributed by atoms with Gasteiger partial charge in [0, 0.05) is 12.1 Å². The maximum absolute atomic E-state index is 11.4. The molecule has 1 aromatic rings. The molecule has 1 atom stereocenters. The van der Waals surface area contributed by atoms with Gasteiger partial charge in [-0.1, -0.05) is 0 Å². The highest BCUT2D eigenvalue weighted by molar-refractivity contribution is 5.93. The molecule has 1 N–H and O–H groups in total. The molecule has 0 radical (unpaired) electrons. The number of nitro groups is 1. The maximum Gasteiger partial charge on any atom is 0.354 e. The van der Waals surface area contributed by atoms with Crippen LogP contribution >= 0.6 is 0 Å². The number of esters is 1. The quantitative estimate of drug-likeness (QED) is 0.292. The van der Waals surface area contributed by atoms with E-state index < -0.39 is 17.0 Å². The van der Waals surface area contributed by atoms with Crippen LogP contribution in [-0.2, 0) is 14.3 Å². The molecule has 0 saturated carbocycles. The summed E-state index contributed by atoms with van der Waals surface area (Å²) in [5.74, 6) is -0.739. The van der Waals surface area contributed by atoms with Gasteiger partial charge in [0.25, 0.3) is 5.69 Å². The molecule has 0 amide bonds. The molecule has 0 aliphatic carbocycles. The molecule has 0 bridgehead atoms. The van der Waals surface area contributed by atoms with Gasteiger partial charge in [-0.3, -0.25) is 10.1 Å². The average Bonchev–Trinajstić information content (AvgIpc) is 2.97. The minimum absolute atomic E-state index is 0.0206. The van der Waals surface area contributed by atoms with Gasteiger partial charge < -0.3 is 14.8 Å². The number of carbonyl (C=O) groups excluding carboxylic acids is 1. The molecule has 0 spiro atoms. The number of non-ortho nitro benzene ring substituents is 1. The fourth-order valence-electron chi connectivity index (χ4n) is 1.85. The largest absolute Gasteiger partial charge is 0.468 e. The zero-order valence-corrected chi connectivity index (χ0v) is 11.0. The van der Waals surface area contributed by atoms with Crippen LogP contribution in [0.25, 0.3) is 0 Å². The van der Waals surface area contributed by atoms with Gasteiger partial charge >= 0.3 is 5.97 Å². The van der Waals surface area contributed by atoms with Gasteiger partial charge in [0.05, 0.1) is 18.6 Å². The van der Waals surface area contributed by atoms with Crippen LogP contribution in [0.2, 0.25) is 0 Å². The molecule has 1 aromatic carbocycles. The molecule has 8 nitrogen and oxygen atoms in total. The molecule has 0 aromatic heterocycles. The second-order valence-electron chi connectivity index (χ2n) is 4.14. The van der Waals surface area contributed by atoms with E-state index in [1.807, 2.05) is 0 Å². The van der Waals surface area contributed by atoms with E-state index in [0.29, 0.717) is 12.1 Å². The molecule has 1 heterocycles. The van der Waals surface area contributed by atoms with Gasteiger partial charge in [0.2, 0.25) is 5.88 Å². The van der Waals surface area contributed by atoms with E-state index in [0.717, 1.165) is 0 Å². The first-order valence-electron chi connectivity index (χ1n) is 5.94. The summed E-state index contributed by atoms with van der Waals surface area (Å²) in [7, 11) is 1.17. The monoisotopic (exact) mass is 289 g/mol. The van der Waals surface area contributed by atoms with Crippen LogP contribution in [0.5, 0.6) is 0 Å². The Bertz CT molecular complexity index is 645. The van der Waals surface area contributed by atoms with Crippen LogP contribution in [0.1, 0.15) is 11.7 Å². The zero-order valence-electron chi connectivity index (χ0n) is 11.0. The summed E-state index contributed by atoms with van der Waals surface area (Å²) >= 11 is 0. The second kappa shape index (κ2) is 5.92. The van der Waals surface area contributed by atoms with Crippen molar-refractivity contribution in [3.8, 4) is 6.07 Å². The van der Waals surface area contributed by atoms with Crippen LogP contribution in [0.4, 0.5) is 5.69 Å². The first-order valence-corrected chi connectivity index (χ1v) is 5.94. The summed E-state index contributed by atoms with van der Waals surface area (Å²) in [5.41, 5.74) is 0.430. The van der Waals surface area contributed by atoms with Crippen molar-refractivity contribution in [2.24, 2.45) is 0 Å². The van der Waals surface area contributed by atoms with Crippen LogP contribution in [-0.4, -0.2) is 24.5 Å². The fraction of sp³-hybridized carbons (Fsp3) is 0.231. The number of carbonyl (C=O) groups is 1. The maximum atomic E-state index is 11.4. The molecular weight excluding hydrogens is 278 g/mol. The fourth-order valence-corrected chi connectivity index (χ4v) is 1.85. The van der Waals surface area contributed by atoms with Gasteiger partial charge in [-0.05, 0) is 17.7 Å². The van der Waals surface area contributed by atoms with E-state index in [1.54, 1.807) is 18.2 Å². The predicted octanol–water partition coefficient (Wildman–Crippen LogP) is 1.16. The van der Waals surface area contributed by atoms with Gasteiger partial charge in [0.15, 0.2) is 5.57 Å². The van der Waals surface area contributed by atoms with Crippen molar-refractivity contribution in [1.29, 1.82) is 5.26 Å². The third-order valence-corrected chi connectivity index (χ3v) is 2.91. The molecule has 8 heteroatoms. The van der Waals surface area contributed by atoms with E-state index >= 15 is 0 Å². The standard InChI is InChI=1S/C13H11N3O5/c1-20-13(17)10(6-14)12-15-7-11(21-12)8-2-4-9(5-3-8)16(18)19/h2-5,11,15H,7H2,1H3/b12-10-. The summed E-state index contributed by atoms with van der Waals surface area (Å²) in [5, 5.41) is 22.3. The third-order valence-electron chi connectivity index (χ3n) is 2.91. The van der Waals surface area contributed by atoms with Gasteiger partial charge in [-0.2, -0.15) is 5.26 Å². The van der Waals surface area contributed by atoms with Crippen molar-refractivity contribution < 1.29 is 19.2 Å². The minimum atomic E-state index is -0.788. The summed E-state index contributed by atoms with van der Waals surface area (Å²) in [6.07, 6.45) is -0.436. The lowest BCUT2D eigenvalue weighted by Gasteiger charge is -2.09. The lowest BCUT2D eigenvalue weighted by atomic mass is 10.1. The highest BCUT2D eigenvalue weighted by atomic mass is 16.6. The van der Waals surface area contributed by atoms with Crippen LogP contribution in [0, 0.1) is 21.4 Å². The number of nitrogens with zero attached hydrogens (tertiary/aromatic N) is 2. The van der Waals surface area contributed by atoms with Gasteiger partial charge in [0.1, 0.15) is 12.2 Å². The number of rotatable bonds is 3. The molecule has 1 aliphatic heterocycles. The van der Waals surface area contributed by atoms with Crippen LogP contribution < -0.4 is 5.32 Å². The third kappa shape index (κ3) is 2.92. The van der Waals surface area contributed by atoms with E-state index in [-0.39, 0.29) is 17.1 Å². The highest BCUT2D eigenvalue weighted by Gasteiger charge is 2.28. The summed E-state index contributed by atoms with van der Waals surface area (Å²) < 4.78 is 9.98. The number of benzene rings is 1. The molecule has 108 valence electrons. The lowest BCUT2D eigenvalue weighted by molar-refractivity contribution is -0.384. The van der Waals surface area contributed by atoms with E-state index in [9.17, 15) is 14.9 Å². The van der Waals surface area contributed by atoms with Crippen molar-refractivity contribution >= 4 is 11.7 Å². The molecule has 1 aliphatic rings. The Hall–Kier alpha value is -3.08. The number of nitrogens with one attached hydrogen (secondary N) is 1. The van der Waals surface area contributed by atoms with E-state index in [1.165, 1.54) is 19.2 Å². The van der Waals surface area contributed by atoms with Crippen molar-refractivity contribution in [3.63, 3.8) is 0 Å². The SMILES string of the molecule is COC(=O)/C(C#N)=C1/NCC(c2ccc([N+](=O)[O-])cc2)O1. The Balaban J connectivity index is 2.19. The molecule has 1 fully saturated rings. The summed E-state index contributed by atoms with van der Waals surface area (Å²) in [6, 6.07) is 7.59. The molecule has 1 saturated heterocycles. The van der Waals surface area contributed by atoms with Crippen molar-refractivity contribution in [2.45, 2.75) is 6.10 Å². The topological polar surface area (TPSA) is 114 Å². The molecule has 21 heavy (non-hydrogen) atoms. The predicted molar refractivity (Wildman–Crippen MR) is 69.6 cm³/mol. The number of ether oxygens (including phenoxy) is 2. The average molecular weight is 289 g/mol. The Morgan fingerprint density at radius 3 is 2.71 bits per heavy atom. The minimum Gasteiger partial charge on any atom is -0.468 e. The lowest BCUT2D eigenvalue weighted by Crippen LogP contribution is -2.13. The van der Waals surface area contributed by atoms with E-state index in [2.05, 4.69) is 10.1 Å². The number of nitro benzene ring substituents is 1. The molecular formula is C13H11N3O5. The van der Waals surface area contributed by atoms with Gasteiger partial charge in [-0.25, -0.2) is 4.79 Å². The zero-order chi connectivity index (χ0) is 15.4. The first-order chi connectivity index (χ1) is 10.1. The van der Waals surface area contributed by atoms with Crippen molar-refractivity contribution in [1.82, 2.24) is 5.32 Å².